The zero-order valence-corrected chi connectivity index (χ0v) is 18.8. The topological polar surface area (TPSA) is 37.3 Å². The van der Waals surface area contributed by atoms with Crippen LogP contribution in [0.5, 0.6) is 0 Å². The molecule has 0 spiro atoms. The van der Waals surface area contributed by atoms with E-state index >= 15 is 4.39 Å². The van der Waals surface area contributed by atoms with E-state index in [-0.39, 0.29) is 11.3 Å². The van der Waals surface area contributed by atoms with Gasteiger partial charge in [-0.25, -0.2) is 18.0 Å². The third-order valence-corrected chi connectivity index (χ3v) is 8.01. The highest BCUT2D eigenvalue weighted by atomic mass is 19.2. The molecule has 32 heavy (non-hydrogen) atoms. The first kappa shape index (κ1) is 23.1. The van der Waals surface area contributed by atoms with E-state index in [0.29, 0.717) is 17.4 Å². The average molecular weight is 447 g/mol. The SMILES string of the molecule is CCCCCCC1CCC2CC(c3ccc4cc(C(=O)O)c(F)c(F)c4c3F)CCC2C1. The molecule has 0 aromatic heterocycles. The summed E-state index contributed by atoms with van der Waals surface area (Å²) in [6.07, 6.45) is 13.1. The van der Waals surface area contributed by atoms with Gasteiger partial charge in [0.15, 0.2) is 11.6 Å². The third-order valence-electron chi connectivity index (χ3n) is 8.01. The molecule has 4 atom stereocenters. The largest absolute Gasteiger partial charge is 0.478 e. The quantitative estimate of drug-likeness (QED) is 0.435. The summed E-state index contributed by atoms with van der Waals surface area (Å²) in [6, 6.07) is 4.19. The van der Waals surface area contributed by atoms with E-state index in [9.17, 15) is 13.6 Å². The number of carboxylic acid groups (broad SMARTS) is 1. The number of rotatable bonds is 7. The molecule has 2 aromatic carbocycles. The van der Waals surface area contributed by atoms with Gasteiger partial charge in [0.1, 0.15) is 5.82 Å². The standard InChI is InChI=1S/C27H33F3O2/c1-2-3-4-5-6-16-7-8-18-14-19(10-9-17(18)13-16)21-12-11-20-15-22(27(31)32)25(29)26(30)23(20)24(21)28/h11-12,15-19H,2-10,13-14H2,1H3,(H,31,32). The molecular formula is C27H33F3O2. The minimum atomic E-state index is -1.56. The Kier molecular flexibility index (Phi) is 7.11. The number of fused-ring (bicyclic) bond motifs is 2. The van der Waals surface area contributed by atoms with Gasteiger partial charge in [-0.3, -0.25) is 0 Å². The van der Waals surface area contributed by atoms with Crippen molar-refractivity contribution in [3.63, 3.8) is 0 Å². The minimum absolute atomic E-state index is 0.00312. The zero-order valence-electron chi connectivity index (χ0n) is 18.8. The second-order valence-corrected chi connectivity index (χ2v) is 9.98. The summed E-state index contributed by atoms with van der Waals surface area (Å²) >= 11 is 0. The van der Waals surface area contributed by atoms with Gasteiger partial charge < -0.3 is 5.11 Å². The molecular weight excluding hydrogens is 413 g/mol. The maximum atomic E-state index is 15.4. The van der Waals surface area contributed by atoms with Gasteiger partial charge in [0, 0.05) is 0 Å². The molecule has 2 saturated carbocycles. The highest BCUT2D eigenvalue weighted by Crippen LogP contribution is 2.49. The lowest BCUT2D eigenvalue weighted by Gasteiger charge is -2.42. The number of halogens is 3. The molecule has 2 fully saturated rings. The van der Waals surface area contributed by atoms with E-state index in [1.807, 2.05) is 0 Å². The number of aromatic carboxylic acids is 1. The van der Waals surface area contributed by atoms with Crippen molar-refractivity contribution in [1.82, 2.24) is 0 Å². The van der Waals surface area contributed by atoms with Crippen molar-refractivity contribution in [2.45, 2.75) is 83.5 Å². The van der Waals surface area contributed by atoms with Crippen LogP contribution < -0.4 is 0 Å². The first-order valence-electron chi connectivity index (χ1n) is 12.2. The Hall–Kier alpha value is -2.04. The maximum absolute atomic E-state index is 15.4. The van der Waals surface area contributed by atoms with Gasteiger partial charge in [-0.15, -0.1) is 0 Å². The molecule has 1 N–H and O–H groups in total. The Morgan fingerprint density at radius 1 is 0.938 bits per heavy atom. The summed E-state index contributed by atoms with van der Waals surface area (Å²) in [7, 11) is 0. The molecule has 0 saturated heterocycles. The Labute approximate surface area is 188 Å². The molecule has 0 heterocycles. The Morgan fingerprint density at radius 3 is 2.44 bits per heavy atom. The first-order valence-corrected chi connectivity index (χ1v) is 12.2. The highest BCUT2D eigenvalue weighted by Gasteiger charge is 2.37. The molecule has 2 nitrogen and oxygen atoms in total. The van der Waals surface area contributed by atoms with Crippen molar-refractivity contribution in [2.75, 3.05) is 0 Å². The van der Waals surface area contributed by atoms with Crippen LogP contribution in [-0.4, -0.2) is 11.1 Å². The second kappa shape index (κ2) is 9.84. The Bertz CT molecular complexity index is 987. The summed E-state index contributed by atoms with van der Waals surface area (Å²) in [5.74, 6) is -3.10. The van der Waals surface area contributed by atoms with Crippen LogP contribution in [0.2, 0.25) is 0 Å². The van der Waals surface area contributed by atoms with Crippen LogP contribution in [0, 0.1) is 35.2 Å². The van der Waals surface area contributed by atoms with Crippen molar-refractivity contribution < 1.29 is 23.1 Å². The number of carboxylic acids is 1. The number of benzene rings is 2. The molecule has 5 heteroatoms. The molecule has 174 valence electrons. The van der Waals surface area contributed by atoms with E-state index < -0.39 is 34.4 Å². The molecule has 0 radical (unpaired) electrons. The molecule has 4 unspecified atom stereocenters. The van der Waals surface area contributed by atoms with Crippen molar-refractivity contribution in [2.24, 2.45) is 17.8 Å². The highest BCUT2D eigenvalue weighted by molar-refractivity contribution is 5.95. The number of unbranched alkanes of at least 4 members (excludes halogenated alkanes) is 3. The van der Waals surface area contributed by atoms with Crippen molar-refractivity contribution in [1.29, 1.82) is 0 Å². The van der Waals surface area contributed by atoms with Crippen LogP contribution in [0.15, 0.2) is 18.2 Å². The second-order valence-electron chi connectivity index (χ2n) is 9.98. The summed E-state index contributed by atoms with van der Waals surface area (Å²) in [6.45, 7) is 2.24. The van der Waals surface area contributed by atoms with E-state index in [4.69, 9.17) is 5.11 Å². The van der Waals surface area contributed by atoms with E-state index in [2.05, 4.69) is 6.92 Å². The van der Waals surface area contributed by atoms with E-state index in [0.717, 1.165) is 31.2 Å². The lowest BCUT2D eigenvalue weighted by atomic mass is 9.63. The molecule has 2 aliphatic rings. The predicted molar refractivity (Wildman–Crippen MR) is 120 cm³/mol. The fourth-order valence-electron chi connectivity index (χ4n) is 6.26. The predicted octanol–water partition coefficient (Wildman–Crippen LogP) is 8.23. The zero-order chi connectivity index (χ0) is 22.8. The number of hydrogen-bond acceptors (Lipinski definition) is 1. The summed E-state index contributed by atoms with van der Waals surface area (Å²) in [4.78, 5) is 11.2. The van der Waals surface area contributed by atoms with Crippen LogP contribution in [0.1, 0.15) is 99.4 Å². The van der Waals surface area contributed by atoms with E-state index in [1.54, 1.807) is 6.07 Å². The molecule has 0 bridgehead atoms. The van der Waals surface area contributed by atoms with Gasteiger partial charge in [0.2, 0.25) is 0 Å². The summed E-state index contributed by atoms with van der Waals surface area (Å²) in [5.41, 5.74) is -0.326. The van der Waals surface area contributed by atoms with Crippen LogP contribution in [0.3, 0.4) is 0 Å². The summed E-state index contributed by atoms with van der Waals surface area (Å²) in [5, 5.41) is 8.73. The molecule has 2 aliphatic carbocycles. The average Bonchev–Trinajstić information content (AvgIpc) is 2.78. The van der Waals surface area contributed by atoms with Crippen LogP contribution >= 0.6 is 0 Å². The fraction of sp³-hybridized carbons (Fsp3) is 0.593. The monoisotopic (exact) mass is 446 g/mol. The van der Waals surface area contributed by atoms with Crippen LogP contribution in [-0.2, 0) is 0 Å². The minimum Gasteiger partial charge on any atom is -0.478 e. The normalized spacial score (nSPS) is 25.6. The number of hydrogen-bond donors (Lipinski definition) is 1. The maximum Gasteiger partial charge on any atom is 0.338 e. The van der Waals surface area contributed by atoms with Crippen molar-refractivity contribution >= 4 is 16.7 Å². The Balaban J connectivity index is 1.48. The van der Waals surface area contributed by atoms with Gasteiger partial charge >= 0.3 is 5.97 Å². The van der Waals surface area contributed by atoms with Gasteiger partial charge in [-0.05, 0) is 72.8 Å². The van der Waals surface area contributed by atoms with Crippen molar-refractivity contribution in [3.05, 3.63) is 46.8 Å². The lowest BCUT2D eigenvalue weighted by molar-refractivity contribution is 0.0691. The Morgan fingerprint density at radius 2 is 1.69 bits per heavy atom. The molecule has 4 rings (SSSR count). The van der Waals surface area contributed by atoms with Crippen LogP contribution in [0.4, 0.5) is 13.2 Å². The molecule has 0 aliphatic heterocycles. The van der Waals surface area contributed by atoms with Gasteiger partial charge in [0.25, 0.3) is 0 Å². The first-order chi connectivity index (χ1) is 15.4. The van der Waals surface area contributed by atoms with Crippen LogP contribution in [0.25, 0.3) is 10.8 Å². The van der Waals surface area contributed by atoms with Gasteiger partial charge in [-0.1, -0.05) is 57.6 Å². The van der Waals surface area contributed by atoms with Gasteiger partial charge in [0.05, 0.1) is 10.9 Å². The third kappa shape index (κ3) is 4.53. The smallest absolute Gasteiger partial charge is 0.338 e. The number of carbonyl (C=O) groups is 1. The van der Waals surface area contributed by atoms with Gasteiger partial charge in [-0.2, -0.15) is 0 Å². The molecule has 2 aromatic rings. The summed E-state index contributed by atoms with van der Waals surface area (Å²) < 4.78 is 44.2. The van der Waals surface area contributed by atoms with Crippen molar-refractivity contribution in [3.8, 4) is 0 Å². The fourth-order valence-corrected chi connectivity index (χ4v) is 6.26. The molecule has 0 amide bonds. The van der Waals surface area contributed by atoms with E-state index in [1.165, 1.54) is 57.4 Å². The lowest BCUT2D eigenvalue weighted by Crippen LogP contribution is -2.30.